The van der Waals surface area contributed by atoms with Gasteiger partial charge in [0.1, 0.15) is 11.6 Å². The first-order valence-electron chi connectivity index (χ1n) is 12.3. The third-order valence-electron chi connectivity index (χ3n) is 6.58. The predicted octanol–water partition coefficient (Wildman–Crippen LogP) is 4.59. The van der Waals surface area contributed by atoms with Gasteiger partial charge in [0, 0.05) is 37.3 Å². The normalized spacial score (nSPS) is 19.5. The number of anilines is 1. The summed E-state index contributed by atoms with van der Waals surface area (Å²) in [5.41, 5.74) is 4.90. The Morgan fingerprint density at radius 3 is 2.40 bits per heavy atom. The highest BCUT2D eigenvalue weighted by Crippen LogP contribution is 2.39. The van der Waals surface area contributed by atoms with Gasteiger partial charge in [-0.25, -0.2) is 8.78 Å². The minimum Gasteiger partial charge on any atom is -0.390 e. The van der Waals surface area contributed by atoms with E-state index in [0.717, 1.165) is 31.1 Å². The lowest BCUT2D eigenvalue weighted by Gasteiger charge is -2.40. The number of carbonyl (C=O) groups excluding carboxylic acids is 1. The molecule has 35 heavy (non-hydrogen) atoms. The number of aliphatic hydroxyl groups is 1. The number of benzene rings is 2. The van der Waals surface area contributed by atoms with Crippen LogP contribution in [0.5, 0.6) is 0 Å². The Balaban J connectivity index is 1.81. The second kappa shape index (κ2) is 10.6. The summed E-state index contributed by atoms with van der Waals surface area (Å²) in [5.74, 6) is -1.68. The number of amides is 1. The topological polar surface area (TPSA) is 73.4 Å². The molecule has 1 aliphatic heterocycles. The minimum atomic E-state index is -0.959. The summed E-state index contributed by atoms with van der Waals surface area (Å²) in [6.45, 7) is 13.3. The van der Waals surface area contributed by atoms with Crippen molar-refractivity contribution in [1.82, 2.24) is 10.6 Å². The van der Waals surface area contributed by atoms with Gasteiger partial charge in [0.25, 0.3) is 0 Å². The SMILES string of the molecule is CC(=O)NC(Cc1cc(F)cc(F)c1)C(O)CNC1(C)CCNc2c(C)cc(CC(C)(C)C)cc21. The van der Waals surface area contributed by atoms with Crippen molar-refractivity contribution in [3.05, 3.63) is 64.2 Å². The fourth-order valence-electron chi connectivity index (χ4n) is 5.00. The van der Waals surface area contributed by atoms with E-state index in [2.05, 4.69) is 62.7 Å². The zero-order chi connectivity index (χ0) is 26.0. The van der Waals surface area contributed by atoms with Crippen LogP contribution in [0.1, 0.15) is 63.3 Å². The van der Waals surface area contributed by atoms with Gasteiger partial charge in [-0.1, -0.05) is 32.9 Å². The monoisotopic (exact) mass is 487 g/mol. The van der Waals surface area contributed by atoms with Crippen LogP contribution in [-0.2, 0) is 23.2 Å². The molecule has 0 radical (unpaired) electrons. The van der Waals surface area contributed by atoms with E-state index in [4.69, 9.17) is 0 Å². The molecule has 2 aromatic rings. The van der Waals surface area contributed by atoms with Crippen LogP contribution in [-0.4, -0.2) is 36.2 Å². The number of rotatable bonds is 8. The third-order valence-corrected chi connectivity index (χ3v) is 6.58. The van der Waals surface area contributed by atoms with Crippen LogP contribution in [0, 0.1) is 24.0 Å². The molecule has 3 unspecified atom stereocenters. The molecule has 0 aromatic heterocycles. The molecule has 4 N–H and O–H groups in total. The highest BCUT2D eigenvalue weighted by Gasteiger charge is 2.34. The number of hydrogen-bond donors (Lipinski definition) is 4. The second-order valence-electron chi connectivity index (χ2n) is 11.3. The Hall–Kier alpha value is -2.51. The van der Waals surface area contributed by atoms with E-state index in [1.165, 1.54) is 35.7 Å². The maximum absolute atomic E-state index is 13.7. The largest absolute Gasteiger partial charge is 0.390 e. The molecule has 3 atom stereocenters. The molecular formula is C28H39F2N3O2. The molecule has 1 amide bonds. The first kappa shape index (κ1) is 27.1. The molecule has 5 nitrogen and oxygen atoms in total. The lowest BCUT2D eigenvalue weighted by atomic mass is 9.79. The van der Waals surface area contributed by atoms with Gasteiger partial charge in [-0.3, -0.25) is 4.79 Å². The van der Waals surface area contributed by atoms with Crippen LogP contribution in [0.3, 0.4) is 0 Å². The van der Waals surface area contributed by atoms with E-state index in [-0.39, 0.29) is 29.8 Å². The standard InChI is InChI=1S/C28H39F2N3O2/c1-17-9-20(15-27(3,4)5)12-23-26(17)31-8-7-28(23,6)32-16-25(35)24(33-18(2)34)13-19-10-21(29)14-22(30)11-19/h9-12,14,24-25,31-32,35H,7-8,13,15-16H2,1-6H3,(H,33,34). The zero-order valence-electron chi connectivity index (χ0n) is 21.7. The van der Waals surface area contributed by atoms with E-state index in [1.807, 2.05) is 0 Å². The van der Waals surface area contributed by atoms with Crippen molar-refractivity contribution in [3.63, 3.8) is 0 Å². The molecule has 1 heterocycles. The molecular weight excluding hydrogens is 448 g/mol. The first-order chi connectivity index (χ1) is 16.3. The lowest BCUT2D eigenvalue weighted by Crippen LogP contribution is -2.53. The lowest BCUT2D eigenvalue weighted by molar-refractivity contribution is -0.120. The number of carbonyl (C=O) groups is 1. The molecule has 0 saturated heterocycles. The summed E-state index contributed by atoms with van der Waals surface area (Å²) in [7, 11) is 0. The highest BCUT2D eigenvalue weighted by molar-refractivity contribution is 5.73. The van der Waals surface area contributed by atoms with Crippen LogP contribution in [0.25, 0.3) is 0 Å². The van der Waals surface area contributed by atoms with Crippen molar-refractivity contribution >= 4 is 11.6 Å². The third kappa shape index (κ3) is 7.24. The van der Waals surface area contributed by atoms with Crippen molar-refractivity contribution in [2.24, 2.45) is 5.41 Å². The van der Waals surface area contributed by atoms with Gasteiger partial charge in [-0.2, -0.15) is 0 Å². The molecule has 7 heteroatoms. The first-order valence-corrected chi connectivity index (χ1v) is 12.3. The average Bonchev–Trinajstić information content (AvgIpc) is 2.70. The number of fused-ring (bicyclic) bond motifs is 1. The van der Waals surface area contributed by atoms with Gasteiger partial charge in [-0.05, 0) is 72.9 Å². The molecule has 3 rings (SSSR count). The van der Waals surface area contributed by atoms with E-state index in [0.29, 0.717) is 5.56 Å². The Morgan fingerprint density at radius 1 is 1.14 bits per heavy atom. The molecule has 0 aliphatic carbocycles. The summed E-state index contributed by atoms with van der Waals surface area (Å²) in [5, 5.41) is 20.8. The Kier molecular flexibility index (Phi) is 8.22. The van der Waals surface area contributed by atoms with Crippen LogP contribution in [0.2, 0.25) is 0 Å². The van der Waals surface area contributed by atoms with Gasteiger partial charge in [-0.15, -0.1) is 0 Å². The summed E-state index contributed by atoms with van der Waals surface area (Å²) < 4.78 is 27.4. The van der Waals surface area contributed by atoms with Crippen LogP contribution >= 0.6 is 0 Å². The fraction of sp³-hybridized carbons (Fsp3) is 0.536. The average molecular weight is 488 g/mol. The molecule has 1 aliphatic rings. The van der Waals surface area contributed by atoms with Crippen LogP contribution in [0.15, 0.2) is 30.3 Å². The number of halogens is 2. The summed E-state index contributed by atoms with van der Waals surface area (Å²) in [6.07, 6.45) is 0.930. The van der Waals surface area contributed by atoms with Crippen molar-refractivity contribution in [2.75, 3.05) is 18.4 Å². The number of hydrogen-bond acceptors (Lipinski definition) is 4. The fourth-order valence-corrected chi connectivity index (χ4v) is 5.00. The number of aliphatic hydroxyl groups excluding tert-OH is 1. The molecule has 0 saturated carbocycles. The number of nitrogens with one attached hydrogen (secondary N) is 3. The van der Waals surface area contributed by atoms with Crippen molar-refractivity contribution in [3.8, 4) is 0 Å². The smallest absolute Gasteiger partial charge is 0.217 e. The maximum Gasteiger partial charge on any atom is 0.217 e. The summed E-state index contributed by atoms with van der Waals surface area (Å²) in [4.78, 5) is 11.8. The van der Waals surface area contributed by atoms with E-state index < -0.39 is 23.8 Å². The number of aryl methyl sites for hydroxylation is 1. The van der Waals surface area contributed by atoms with E-state index in [9.17, 15) is 18.7 Å². The van der Waals surface area contributed by atoms with E-state index >= 15 is 0 Å². The predicted molar refractivity (Wildman–Crippen MR) is 136 cm³/mol. The van der Waals surface area contributed by atoms with Gasteiger partial charge in [0.05, 0.1) is 12.1 Å². The molecule has 192 valence electrons. The molecule has 0 fully saturated rings. The zero-order valence-corrected chi connectivity index (χ0v) is 21.7. The van der Waals surface area contributed by atoms with Crippen LogP contribution in [0.4, 0.5) is 14.5 Å². The van der Waals surface area contributed by atoms with E-state index in [1.54, 1.807) is 0 Å². The molecule has 2 aromatic carbocycles. The Morgan fingerprint density at radius 2 is 1.80 bits per heavy atom. The molecule has 0 bridgehead atoms. The second-order valence-corrected chi connectivity index (χ2v) is 11.3. The maximum atomic E-state index is 13.7. The Labute approximate surface area is 207 Å². The van der Waals surface area contributed by atoms with Crippen molar-refractivity contribution in [2.45, 2.75) is 78.5 Å². The Bertz CT molecular complexity index is 1050. The van der Waals surface area contributed by atoms with Gasteiger partial charge < -0.3 is 21.1 Å². The molecule has 0 spiro atoms. The van der Waals surface area contributed by atoms with Crippen molar-refractivity contribution in [1.29, 1.82) is 0 Å². The highest BCUT2D eigenvalue weighted by atomic mass is 19.1. The summed E-state index contributed by atoms with van der Waals surface area (Å²) in [6, 6.07) is 7.05. The minimum absolute atomic E-state index is 0.112. The quantitative estimate of drug-likeness (QED) is 0.440. The van der Waals surface area contributed by atoms with Gasteiger partial charge >= 0.3 is 0 Å². The van der Waals surface area contributed by atoms with Gasteiger partial charge in [0.2, 0.25) is 5.91 Å². The van der Waals surface area contributed by atoms with Crippen molar-refractivity contribution < 1.29 is 18.7 Å². The van der Waals surface area contributed by atoms with Crippen LogP contribution < -0.4 is 16.0 Å². The summed E-state index contributed by atoms with van der Waals surface area (Å²) >= 11 is 0. The van der Waals surface area contributed by atoms with Gasteiger partial charge in [0.15, 0.2) is 0 Å².